The van der Waals surface area contributed by atoms with Gasteiger partial charge in [-0.25, -0.2) is 0 Å². The number of ether oxygens (including phenoxy) is 3. The normalized spacial score (nSPS) is 23.8. The van der Waals surface area contributed by atoms with E-state index in [2.05, 4.69) is 10.3 Å². The number of nitrogens with one attached hydrogen (secondary N) is 2. The van der Waals surface area contributed by atoms with E-state index < -0.39 is 61.1 Å². The number of nitrogens with two attached hydrogens (primary N) is 2. The molecule has 2 aliphatic heterocycles. The average molecular weight is 630 g/mol. The topological polar surface area (TPSA) is 204 Å². The number of rotatable bonds is 9. The predicted molar refractivity (Wildman–Crippen MR) is 169 cm³/mol. The molecule has 240 valence electrons. The van der Waals surface area contributed by atoms with Gasteiger partial charge in [0.2, 0.25) is 0 Å². The number of esters is 1. The molecule has 0 bridgehead atoms. The van der Waals surface area contributed by atoms with Gasteiger partial charge < -0.3 is 45.4 Å². The number of carbonyl (C=O) groups excluding carboxylic acids is 3. The number of imide groups is 1. The second-order valence-corrected chi connectivity index (χ2v) is 11.8. The summed E-state index contributed by atoms with van der Waals surface area (Å²) in [5.41, 5.74) is 14.6. The third kappa shape index (κ3) is 4.50. The summed E-state index contributed by atoms with van der Waals surface area (Å²) in [5, 5.41) is 27.3. The van der Waals surface area contributed by atoms with E-state index in [-0.39, 0.29) is 11.1 Å². The van der Waals surface area contributed by atoms with Gasteiger partial charge in [-0.15, -0.1) is 0 Å². The second kappa shape index (κ2) is 11.8. The Kier molecular flexibility index (Phi) is 7.75. The van der Waals surface area contributed by atoms with Crippen molar-refractivity contribution in [3.63, 3.8) is 0 Å². The van der Waals surface area contributed by atoms with Gasteiger partial charge in [-0.1, -0.05) is 42.8 Å². The van der Waals surface area contributed by atoms with Gasteiger partial charge in [-0.2, -0.15) is 0 Å². The van der Waals surface area contributed by atoms with Gasteiger partial charge in [-0.05, 0) is 31.5 Å². The number of unbranched alkanes of at least 4 members (excludes halogenated alkanes) is 1. The molecule has 2 aromatic heterocycles. The molecule has 13 nitrogen and oxygen atoms in total. The maximum atomic E-state index is 13.4. The van der Waals surface area contributed by atoms with Gasteiger partial charge in [0.1, 0.15) is 24.4 Å². The van der Waals surface area contributed by atoms with Crippen molar-refractivity contribution in [3.05, 3.63) is 59.7 Å². The number of aliphatic hydroxyl groups excluding tert-OH is 2. The molecule has 0 unspecified atom stereocenters. The number of aromatic amines is 1. The number of aliphatic hydroxyl groups is 2. The number of hydrogen-bond acceptors (Lipinski definition) is 10. The summed E-state index contributed by atoms with van der Waals surface area (Å²) in [6.07, 6.45) is -4.39. The first kappa shape index (κ1) is 30.3. The largest absolute Gasteiger partial charge is 0.455 e. The molecule has 1 fully saturated rings. The van der Waals surface area contributed by atoms with Crippen molar-refractivity contribution in [2.45, 2.75) is 55.9 Å². The van der Waals surface area contributed by atoms with Crippen molar-refractivity contribution in [3.8, 4) is 0 Å². The molecule has 1 saturated heterocycles. The van der Waals surface area contributed by atoms with Crippen LogP contribution in [0.5, 0.6) is 0 Å². The zero-order valence-electron chi connectivity index (χ0n) is 25.1. The fourth-order valence-electron chi connectivity index (χ4n) is 7.07. The van der Waals surface area contributed by atoms with E-state index in [4.69, 9.17) is 25.7 Å². The van der Waals surface area contributed by atoms with Gasteiger partial charge >= 0.3 is 5.97 Å². The third-order valence-electron chi connectivity index (χ3n) is 9.15. The van der Waals surface area contributed by atoms with Crippen molar-refractivity contribution < 1.29 is 38.8 Å². The van der Waals surface area contributed by atoms with Crippen LogP contribution in [0.1, 0.15) is 46.2 Å². The molecule has 46 heavy (non-hydrogen) atoms. The van der Waals surface area contributed by atoms with Crippen LogP contribution < -0.4 is 16.8 Å². The van der Waals surface area contributed by atoms with Crippen LogP contribution in [0, 0.1) is 0 Å². The Morgan fingerprint density at radius 3 is 2.43 bits per heavy atom. The minimum absolute atomic E-state index is 0.220. The molecule has 13 heteroatoms. The van der Waals surface area contributed by atoms with Crippen LogP contribution in [0.25, 0.3) is 43.6 Å². The molecule has 2 aliphatic rings. The third-order valence-corrected chi connectivity index (χ3v) is 9.15. The summed E-state index contributed by atoms with van der Waals surface area (Å²) in [6.45, 7) is -0.0446. The number of methoxy groups -OCH3 is 1. The molecular formula is C33H35N5O8. The first-order chi connectivity index (χ1) is 22.3. The molecule has 0 aliphatic carbocycles. The van der Waals surface area contributed by atoms with Crippen molar-refractivity contribution in [2.75, 3.05) is 20.3 Å². The Morgan fingerprint density at radius 1 is 1.02 bits per heavy atom. The maximum Gasteiger partial charge on any atom is 0.323 e. The summed E-state index contributed by atoms with van der Waals surface area (Å²) in [7, 11) is 1.37. The minimum Gasteiger partial charge on any atom is -0.455 e. The monoisotopic (exact) mass is 629 g/mol. The van der Waals surface area contributed by atoms with Crippen LogP contribution in [0.2, 0.25) is 0 Å². The van der Waals surface area contributed by atoms with Gasteiger partial charge in [0.25, 0.3) is 11.8 Å². The molecule has 0 saturated carbocycles. The fraction of sp³-hybridized carbons (Fsp3) is 0.364. The molecule has 2 amide bonds. The van der Waals surface area contributed by atoms with E-state index in [1.54, 1.807) is 10.6 Å². The van der Waals surface area contributed by atoms with Crippen LogP contribution in [-0.2, 0) is 19.0 Å². The Morgan fingerprint density at radius 2 is 1.72 bits per heavy atom. The van der Waals surface area contributed by atoms with E-state index in [9.17, 15) is 24.6 Å². The number of H-pyrrole nitrogens is 1. The lowest BCUT2D eigenvalue weighted by molar-refractivity contribution is -0.261. The lowest BCUT2D eigenvalue weighted by atomic mass is 9.96. The zero-order valence-corrected chi connectivity index (χ0v) is 25.1. The van der Waals surface area contributed by atoms with Gasteiger partial charge in [0, 0.05) is 34.2 Å². The van der Waals surface area contributed by atoms with Crippen LogP contribution in [0.4, 0.5) is 0 Å². The summed E-state index contributed by atoms with van der Waals surface area (Å²) < 4.78 is 19.6. The van der Waals surface area contributed by atoms with Crippen LogP contribution in [0.15, 0.2) is 48.5 Å². The van der Waals surface area contributed by atoms with Gasteiger partial charge in [0.05, 0.1) is 34.3 Å². The molecule has 5 aromatic rings. The number of aromatic nitrogens is 2. The highest BCUT2D eigenvalue weighted by Crippen LogP contribution is 2.46. The predicted octanol–water partition coefficient (Wildman–Crippen LogP) is 1.95. The van der Waals surface area contributed by atoms with Crippen LogP contribution in [-0.4, -0.2) is 88.3 Å². The van der Waals surface area contributed by atoms with Gasteiger partial charge in [-0.3, -0.25) is 19.7 Å². The summed E-state index contributed by atoms with van der Waals surface area (Å²) >= 11 is 0. The Hall–Kier alpha value is -4.37. The SMILES string of the molecule is CO[C@H]1[C@H](OC(=O)[C@@H](N)CCCCN)[C@@H](O)[C@H](n2c3ccccc3c3c4c(c5c6ccccc6[nH]c5c32)C(=O)NC4=O)O[C@@H]1CO. The molecule has 0 radical (unpaired) electrons. The molecule has 3 aromatic carbocycles. The van der Waals surface area contributed by atoms with E-state index >= 15 is 0 Å². The Labute approximate surface area is 262 Å². The molecule has 7 rings (SSSR count). The smallest absolute Gasteiger partial charge is 0.323 e. The number of nitrogens with zero attached hydrogens (tertiary/aromatic N) is 1. The van der Waals surface area contributed by atoms with Crippen molar-refractivity contribution >= 4 is 61.4 Å². The zero-order chi connectivity index (χ0) is 32.3. The van der Waals surface area contributed by atoms with E-state index in [0.29, 0.717) is 58.5 Å². The van der Waals surface area contributed by atoms with E-state index in [1.165, 1.54) is 7.11 Å². The van der Waals surface area contributed by atoms with Gasteiger partial charge in [0.15, 0.2) is 12.3 Å². The average Bonchev–Trinajstić information content (AvgIpc) is 3.70. The molecule has 4 heterocycles. The van der Waals surface area contributed by atoms with E-state index in [0.717, 1.165) is 10.9 Å². The number of hydrogen-bond donors (Lipinski definition) is 6. The summed E-state index contributed by atoms with van der Waals surface area (Å²) in [6, 6.07) is 13.8. The number of amides is 2. The first-order valence-corrected chi connectivity index (χ1v) is 15.3. The number of para-hydroxylation sites is 2. The Balaban J connectivity index is 1.46. The number of fused-ring (bicyclic) bond motifs is 10. The summed E-state index contributed by atoms with van der Waals surface area (Å²) in [4.78, 5) is 43.3. The van der Waals surface area contributed by atoms with E-state index in [1.807, 2.05) is 42.5 Å². The quantitative estimate of drug-likeness (QED) is 0.0794. The van der Waals surface area contributed by atoms with Crippen LogP contribution >= 0.6 is 0 Å². The Bertz CT molecular complexity index is 2020. The molecule has 8 N–H and O–H groups in total. The maximum absolute atomic E-state index is 13.4. The fourth-order valence-corrected chi connectivity index (χ4v) is 7.07. The van der Waals surface area contributed by atoms with Crippen LogP contribution in [0.3, 0.4) is 0 Å². The highest BCUT2D eigenvalue weighted by atomic mass is 16.6. The number of benzene rings is 3. The highest BCUT2D eigenvalue weighted by Gasteiger charge is 2.50. The number of carbonyl (C=O) groups is 3. The lowest BCUT2D eigenvalue weighted by Gasteiger charge is -2.44. The summed E-state index contributed by atoms with van der Waals surface area (Å²) in [5.74, 6) is -1.76. The second-order valence-electron chi connectivity index (χ2n) is 11.8. The highest BCUT2D eigenvalue weighted by molar-refractivity contribution is 6.39. The standard InChI is InChI=1S/C33H35N5O8/c1-44-28-20(14-39)45-32(27(40)29(28)46-33(43)17(35)10-6-7-13-34)38-19-12-5-3-9-16(19)22-24-23(30(41)37-31(24)42)21-15-8-2-4-11-18(15)36-25(21)26(22)38/h2-5,8-9,11-12,17,20,27-29,32,36,39-40H,6-7,10,13-14,34-35H2,1H3,(H,37,41,42)/t17-,20+,27+,28+,29+,32+/m0/s1. The van der Waals surface area contributed by atoms with Crippen molar-refractivity contribution in [1.82, 2.24) is 14.9 Å². The molecular weight excluding hydrogens is 594 g/mol. The lowest BCUT2D eigenvalue weighted by Crippen LogP contribution is -2.59. The molecule has 6 atom stereocenters. The first-order valence-electron chi connectivity index (χ1n) is 15.3. The molecule has 0 spiro atoms. The van der Waals surface area contributed by atoms with Crippen molar-refractivity contribution in [2.24, 2.45) is 11.5 Å². The van der Waals surface area contributed by atoms with Crippen molar-refractivity contribution in [1.29, 1.82) is 0 Å². The minimum atomic E-state index is -1.50.